The lowest BCUT2D eigenvalue weighted by Crippen LogP contribution is -2.22. The van der Waals surface area contributed by atoms with E-state index in [2.05, 4.69) is 46.3 Å². The molecule has 0 bridgehead atoms. The largest absolute Gasteiger partial charge is 0.465 e. The highest BCUT2D eigenvalue weighted by atomic mass is 16.5. The smallest absolute Gasteiger partial charge is 0.337 e. The number of benzene rings is 4. The third-order valence-electron chi connectivity index (χ3n) is 6.39. The average molecular weight is 484 g/mol. The van der Waals surface area contributed by atoms with Gasteiger partial charge in [-0.1, -0.05) is 60.7 Å². The molecule has 0 fully saturated rings. The molecule has 180 valence electrons. The molecule has 5 rings (SSSR count). The van der Waals surface area contributed by atoms with E-state index < -0.39 is 0 Å². The maximum atomic E-state index is 12.1. The van der Waals surface area contributed by atoms with E-state index in [0.29, 0.717) is 24.2 Å². The van der Waals surface area contributed by atoms with Crippen molar-refractivity contribution < 1.29 is 9.53 Å². The Hall–Kier alpha value is -4.95. The fourth-order valence-electron chi connectivity index (χ4n) is 4.59. The summed E-state index contributed by atoms with van der Waals surface area (Å²) in [5.41, 5.74) is 6.04. The SMILES string of the molecule is COC(=O)c1cccc(CN(Cc2cccnc2)c2ccc(C#N)c(-c3cccc4ccccc34)c2)c1. The number of methoxy groups -OCH3 is 1. The number of rotatable bonds is 7. The second-order valence-corrected chi connectivity index (χ2v) is 8.78. The van der Waals surface area contributed by atoms with Crippen LogP contribution in [0, 0.1) is 11.3 Å². The number of hydrogen-bond acceptors (Lipinski definition) is 5. The minimum absolute atomic E-state index is 0.364. The molecule has 5 nitrogen and oxygen atoms in total. The third kappa shape index (κ3) is 5.19. The number of nitrogens with zero attached hydrogens (tertiary/aromatic N) is 3. The highest BCUT2D eigenvalue weighted by Crippen LogP contribution is 2.34. The summed E-state index contributed by atoms with van der Waals surface area (Å²) >= 11 is 0. The lowest BCUT2D eigenvalue weighted by atomic mass is 9.94. The summed E-state index contributed by atoms with van der Waals surface area (Å²) in [5, 5.41) is 12.2. The van der Waals surface area contributed by atoms with Crippen LogP contribution in [0.15, 0.2) is 109 Å². The molecule has 0 unspecified atom stereocenters. The van der Waals surface area contributed by atoms with Crippen LogP contribution in [-0.4, -0.2) is 18.1 Å². The van der Waals surface area contributed by atoms with Gasteiger partial charge in [0.25, 0.3) is 0 Å². The van der Waals surface area contributed by atoms with E-state index in [0.717, 1.165) is 38.7 Å². The van der Waals surface area contributed by atoms with Crippen molar-refractivity contribution in [1.29, 1.82) is 5.26 Å². The number of pyridine rings is 1. The molecule has 4 aromatic carbocycles. The van der Waals surface area contributed by atoms with Crippen LogP contribution in [-0.2, 0) is 17.8 Å². The van der Waals surface area contributed by atoms with Crippen molar-refractivity contribution in [2.75, 3.05) is 12.0 Å². The zero-order chi connectivity index (χ0) is 25.6. The van der Waals surface area contributed by atoms with Crippen molar-refractivity contribution in [3.05, 3.63) is 132 Å². The maximum Gasteiger partial charge on any atom is 0.337 e. The number of hydrogen-bond donors (Lipinski definition) is 0. The molecule has 5 aromatic rings. The highest BCUT2D eigenvalue weighted by Gasteiger charge is 2.15. The first-order valence-corrected chi connectivity index (χ1v) is 12.0. The van der Waals surface area contributed by atoms with Gasteiger partial charge in [0.15, 0.2) is 0 Å². The fourth-order valence-corrected chi connectivity index (χ4v) is 4.59. The molecule has 0 spiro atoms. The molecule has 0 aliphatic heterocycles. The number of esters is 1. The molecule has 0 aliphatic rings. The van der Waals surface area contributed by atoms with Crippen LogP contribution in [0.4, 0.5) is 5.69 Å². The van der Waals surface area contributed by atoms with E-state index in [1.165, 1.54) is 7.11 Å². The van der Waals surface area contributed by atoms with Crippen molar-refractivity contribution in [3.63, 3.8) is 0 Å². The minimum Gasteiger partial charge on any atom is -0.465 e. The van der Waals surface area contributed by atoms with Gasteiger partial charge in [-0.15, -0.1) is 0 Å². The summed E-state index contributed by atoms with van der Waals surface area (Å²) in [5.74, 6) is -0.364. The predicted molar refractivity (Wildman–Crippen MR) is 146 cm³/mol. The first kappa shape index (κ1) is 23.8. The van der Waals surface area contributed by atoms with Crippen molar-refractivity contribution in [1.82, 2.24) is 4.98 Å². The molecule has 0 saturated heterocycles. The first-order valence-electron chi connectivity index (χ1n) is 12.0. The van der Waals surface area contributed by atoms with Crippen molar-refractivity contribution >= 4 is 22.4 Å². The lowest BCUT2D eigenvalue weighted by Gasteiger charge is -2.26. The van der Waals surface area contributed by atoms with Crippen molar-refractivity contribution in [2.45, 2.75) is 13.1 Å². The molecule has 0 N–H and O–H groups in total. The molecule has 5 heteroatoms. The van der Waals surface area contributed by atoms with Gasteiger partial charge >= 0.3 is 5.97 Å². The van der Waals surface area contributed by atoms with Gasteiger partial charge in [-0.2, -0.15) is 5.26 Å². The average Bonchev–Trinajstić information content (AvgIpc) is 2.96. The van der Waals surface area contributed by atoms with Crippen LogP contribution >= 0.6 is 0 Å². The molecule has 0 radical (unpaired) electrons. The summed E-state index contributed by atoms with van der Waals surface area (Å²) in [6, 6.07) is 34.1. The Balaban J connectivity index is 1.60. The Morgan fingerprint density at radius 1 is 0.865 bits per heavy atom. The van der Waals surface area contributed by atoms with Crippen LogP contribution in [0.2, 0.25) is 0 Å². The van der Waals surface area contributed by atoms with Gasteiger partial charge in [0, 0.05) is 36.7 Å². The molecule has 37 heavy (non-hydrogen) atoms. The quantitative estimate of drug-likeness (QED) is 0.239. The second kappa shape index (κ2) is 10.8. The number of aromatic nitrogens is 1. The fraction of sp³-hybridized carbons (Fsp3) is 0.0938. The van der Waals surface area contributed by atoms with E-state index in [1.807, 2.05) is 66.9 Å². The maximum absolute atomic E-state index is 12.1. The van der Waals surface area contributed by atoms with E-state index in [-0.39, 0.29) is 5.97 Å². The topological polar surface area (TPSA) is 66.2 Å². The van der Waals surface area contributed by atoms with Crippen molar-refractivity contribution in [3.8, 4) is 17.2 Å². The number of carbonyl (C=O) groups is 1. The second-order valence-electron chi connectivity index (χ2n) is 8.78. The van der Waals surface area contributed by atoms with Gasteiger partial charge in [0.1, 0.15) is 0 Å². The van der Waals surface area contributed by atoms with Gasteiger partial charge in [-0.05, 0) is 63.9 Å². The molecular formula is C32H25N3O2. The molecule has 1 aromatic heterocycles. The third-order valence-corrected chi connectivity index (χ3v) is 6.39. The molecular weight excluding hydrogens is 458 g/mol. The zero-order valence-electron chi connectivity index (χ0n) is 20.5. The summed E-state index contributed by atoms with van der Waals surface area (Å²) in [4.78, 5) is 18.6. The van der Waals surface area contributed by atoms with E-state index >= 15 is 0 Å². The van der Waals surface area contributed by atoms with E-state index in [1.54, 1.807) is 12.3 Å². The Labute approximate surface area is 216 Å². The Kier molecular flexibility index (Phi) is 6.91. The van der Waals surface area contributed by atoms with Crippen LogP contribution in [0.3, 0.4) is 0 Å². The summed E-state index contributed by atoms with van der Waals surface area (Å²) in [6.45, 7) is 1.16. The van der Waals surface area contributed by atoms with E-state index in [4.69, 9.17) is 4.74 Å². The van der Waals surface area contributed by atoms with Crippen LogP contribution < -0.4 is 4.90 Å². The minimum atomic E-state index is -0.364. The highest BCUT2D eigenvalue weighted by molar-refractivity contribution is 5.98. The Morgan fingerprint density at radius 2 is 1.65 bits per heavy atom. The monoisotopic (exact) mass is 483 g/mol. The normalized spacial score (nSPS) is 10.6. The zero-order valence-corrected chi connectivity index (χ0v) is 20.5. The number of carbonyl (C=O) groups excluding carboxylic acids is 1. The van der Waals surface area contributed by atoms with E-state index in [9.17, 15) is 10.1 Å². The summed E-state index contributed by atoms with van der Waals surface area (Å²) in [6.07, 6.45) is 3.61. The van der Waals surface area contributed by atoms with Crippen molar-refractivity contribution in [2.24, 2.45) is 0 Å². The first-order chi connectivity index (χ1) is 18.2. The molecule has 0 saturated carbocycles. The van der Waals surface area contributed by atoms with Gasteiger partial charge in [0.2, 0.25) is 0 Å². The van der Waals surface area contributed by atoms with Gasteiger partial charge < -0.3 is 9.64 Å². The number of nitriles is 1. The predicted octanol–water partition coefficient (Wildman–Crippen LogP) is 6.77. The Bertz CT molecular complexity index is 1600. The molecule has 0 atom stereocenters. The summed E-state index contributed by atoms with van der Waals surface area (Å²) in [7, 11) is 1.38. The van der Waals surface area contributed by atoms with Gasteiger partial charge in [-0.25, -0.2) is 4.79 Å². The van der Waals surface area contributed by atoms with Crippen LogP contribution in [0.5, 0.6) is 0 Å². The number of ether oxygens (including phenoxy) is 1. The number of fused-ring (bicyclic) bond motifs is 1. The molecule has 0 aliphatic carbocycles. The molecule has 1 heterocycles. The van der Waals surface area contributed by atoms with Crippen LogP contribution in [0.1, 0.15) is 27.0 Å². The Morgan fingerprint density at radius 3 is 2.46 bits per heavy atom. The van der Waals surface area contributed by atoms with Gasteiger partial charge in [0.05, 0.1) is 24.3 Å². The number of anilines is 1. The lowest BCUT2D eigenvalue weighted by molar-refractivity contribution is 0.0600. The molecule has 0 amide bonds. The van der Waals surface area contributed by atoms with Gasteiger partial charge in [-0.3, -0.25) is 4.98 Å². The van der Waals surface area contributed by atoms with Crippen LogP contribution in [0.25, 0.3) is 21.9 Å². The standard InChI is InChI=1S/C32H25N3O2/c1-37-32(36)26-11-4-7-23(17-26)21-35(22-24-8-6-16-34-20-24)28-15-14-27(19-33)31(18-28)30-13-5-10-25-9-2-3-12-29(25)30/h2-18,20H,21-22H2,1H3. The summed E-state index contributed by atoms with van der Waals surface area (Å²) < 4.78 is 4.91.